The van der Waals surface area contributed by atoms with Crippen LogP contribution in [0.25, 0.3) is 65.3 Å². The van der Waals surface area contributed by atoms with Crippen LogP contribution in [0.5, 0.6) is 0 Å². The third kappa shape index (κ3) is 7.04. The lowest BCUT2D eigenvalue weighted by atomic mass is 9.49. The van der Waals surface area contributed by atoms with E-state index in [1.165, 1.54) is 48.5 Å². The first-order chi connectivity index (χ1) is 41.3. The molecule has 2 aliphatic rings. The van der Waals surface area contributed by atoms with E-state index in [0.29, 0.717) is 22.7 Å². The largest absolute Gasteiger partial charge is 0.310 e. The van der Waals surface area contributed by atoms with E-state index < -0.39 is 10.8 Å². The summed E-state index contributed by atoms with van der Waals surface area (Å²) in [4.78, 5) is 4.26. The van der Waals surface area contributed by atoms with Gasteiger partial charge in [0.05, 0.1) is 22.2 Å². The molecule has 2 aliphatic carbocycles. The molecule has 2 atom stereocenters. The summed E-state index contributed by atoms with van der Waals surface area (Å²) in [7, 11) is 0. The van der Waals surface area contributed by atoms with Gasteiger partial charge in [0, 0.05) is 33.5 Å². The maximum Gasteiger partial charge on any atom is 0.123 e. The Balaban J connectivity index is 1.17. The topological polar surface area (TPSA) is 6.48 Å². The molecule has 0 saturated heterocycles. The molecule has 0 amide bonds. The molecule has 2 nitrogen and oxygen atoms in total. The van der Waals surface area contributed by atoms with E-state index in [0.717, 1.165) is 110 Å². The Morgan fingerprint density at radius 2 is 0.500 bits per heavy atom. The number of halogens is 4. The highest BCUT2D eigenvalue weighted by atomic mass is 19.1. The van der Waals surface area contributed by atoms with Crippen LogP contribution >= 0.6 is 0 Å². The third-order valence-corrected chi connectivity index (χ3v) is 17.8. The van der Waals surface area contributed by atoms with Gasteiger partial charge in [-0.15, -0.1) is 0 Å². The second-order valence-electron chi connectivity index (χ2n) is 22.0. The molecule has 6 heteroatoms. The Bertz CT molecular complexity index is 4530. The van der Waals surface area contributed by atoms with Crippen LogP contribution in [0.4, 0.5) is 51.7 Å². The van der Waals surface area contributed by atoms with Crippen molar-refractivity contribution < 1.29 is 17.6 Å². The van der Waals surface area contributed by atoms with Crippen molar-refractivity contribution in [2.75, 3.05) is 9.80 Å². The van der Waals surface area contributed by atoms with Crippen molar-refractivity contribution in [1.29, 1.82) is 0 Å². The first-order valence-corrected chi connectivity index (χ1v) is 28.2. The quantitative estimate of drug-likeness (QED) is 0.133. The van der Waals surface area contributed by atoms with Crippen LogP contribution in [0.3, 0.4) is 0 Å². The molecule has 0 heterocycles. The minimum absolute atomic E-state index is 0.373. The van der Waals surface area contributed by atoms with Gasteiger partial charge in [-0.05, 0) is 197 Å². The average Bonchev–Trinajstić information content (AvgIpc) is 1.65. The Hall–Kier alpha value is -10.6. The van der Waals surface area contributed by atoms with Gasteiger partial charge in [0.2, 0.25) is 0 Å². The average molecular weight is 1090 g/mol. The second-order valence-corrected chi connectivity index (χ2v) is 22.0. The first-order valence-electron chi connectivity index (χ1n) is 28.2. The van der Waals surface area contributed by atoms with Crippen LogP contribution < -0.4 is 9.80 Å². The normalized spacial score (nSPS) is 15.7. The van der Waals surface area contributed by atoms with Gasteiger partial charge in [-0.2, -0.15) is 0 Å². The van der Waals surface area contributed by atoms with Gasteiger partial charge < -0.3 is 9.80 Å². The number of rotatable bonds is 9. The Morgan fingerprint density at radius 1 is 0.226 bits per heavy atom. The minimum Gasteiger partial charge on any atom is -0.310 e. The third-order valence-electron chi connectivity index (χ3n) is 17.8. The van der Waals surface area contributed by atoms with E-state index in [1.54, 1.807) is 48.5 Å². The van der Waals surface area contributed by atoms with Gasteiger partial charge in [0.25, 0.3) is 0 Å². The fraction of sp³-hybridized carbons (Fsp3) is 0.0256. The summed E-state index contributed by atoms with van der Waals surface area (Å²) in [5, 5.41) is 8.28. The van der Waals surface area contributed by atoms with Gasteiger partial charge in [-0.1, -0.05) is 182 Å². The second kappa shape index (κ2) is 19.0. The minimum atomic E-state index is -1.18. The van der Waals surface area contributed by atoms with E-state index in [9.17, 15) is 0 Å². The van der Waals surface area contributed by atoms with Crippen molar-refractivity contribution in [1.82, 2.24) is 0 Å². The number of hydrogen-bond donors (Lipinski definition) is 0. The zero-order valence-electron chi connectivity index (χ0n) is 45.1. The van der Waals surface area contributed by atoms with Gasteiger partial charge in [0.15, 0.2) is 0 Å². The molecule has 14 aromatic carbocycles. The van der Waals surface area contributed by atoms with Crippen molar-refractivity contribution in [2.45, 2.75) is 10.8 Å². The van der Waals surface area contributed by atoms with Crippen LogP contribution in [-0.4, -0.2) is 0 Å². The Labute approximate surface area is 483 Å². The summed E-state index contributed by atoms with van der Waals surface area (Å²) in [6.07, 6.45) is 0. The molecule has 0 N–H and O–H groups in total. The van der Waals surface area contributed by atoms with Crippen LogP contribution in [0.2, 0.25) is 0 Å². The number of anilines is 6. The predicted molar refractivity (Wildman–Crippen MR) is 336 cm³/mol. The molecule has 2 unspecified atom stereocenters. The number of benzene rings is 14. The van der Waals surface area contributed by atoms with Crippen LogP contribution in [0, 0.1) is 23.3 Å². The van der Waals surface area contributed by atoms with Crippen LogP contribution in [0.1, 0.15) is 33.4 Å². The van der Waals surface area contributed by atoms with E-state index in [2.05, 4.69) is 204 Å². The lowest BCUT2D eigenvalue weighted by molar-refractivity contribution is 0.438. The smallest absolute Gasteiger partial charge is 0.123 e. The highest BCUT2D eigenvalue weighted by molar-refractivity contribution is 6.19. The van der Waals surface area contributed by atoms with Crippen molar-refractivity contribution in [3.05, 3.63) is 348 Å². The van der Waals surface area contributed by atoms with Crippen LogP contribution in [-0.2, 0) is 10.8 Å². The zero-order valence-corrected chi connectivity index (χ0v) is 45.1. The van der Waals surface area contributed by atoms with Crippen molar-refractivity contribution in [2.24, 2.45) is 0 Å². The highest BCUT2D eigenvalue weighted by Crippen LogP contribution is 2.73. The molecule has 0 saturated carbocycles. The molecule has 0 aliphatic heterocycles. The molecule has 14 aromatic rings. The maximum atomic E-state index is 15.2. The molecule has 84 heavy (non-hydrogen) atoms. The molecule has 0 aromatic heterocycles. The first kappa shape index (κ1) is 49.3. The van der Waals surface area contributed by atoms with E-state index >= 15 is 17.6 Å². The fourth-order valence-corrected chi connectivity index (χ4v) is 14.7. The maximum absolute atomic E-state index is 15.2. The Morgan fingerprint density at radius 3 is 0.833 bits per heavy atom. The van der Waals surface area contributed by atoms with Crippen molar-refractivity contribution in [3.63, 3.8) is 0 Å². The zero-order chi connectivity index (χ0) is 56.3. The summed E-state index contributed by atoms with van der Waals surface area (Å²) < 4.78 is 60.9. The van der Waals surface area contributed by atoms with Gasteiger partial charge in [0.1, 0.15) is 23.3 Å². The molecular weight excluding hydrogens is 1040 g/mol. The molecule has 0 radical (unpaired) electrons. The van der Waals surface area contributed by atoms with E-state index in [-0.39, 0.29) is 23.3 Å². The standard InChI is InChI=1S/C78H48F4N2/c79-53-29-37-57(38-30-53)83(58-39-31-54(80)32-40-58)71-47-69-75(65-25-13-11-23-63(65)71)73-61-21-9-7-15-49(61)27-45-67(73)77(69,51-17-3-1-4-18-51)78(52-19-5-2-6-20-52)68-46-28-50-16-8-10-22-62(50)74(68)76-66-26-14-12-24-64(66)72(48-70(76)78)84(59-41-33-55(81)34-42-59)60-43-35-56(82)36-44-60/h1-48H. The molecule has 0 bridgehead atoms. The van der Waals surface area contributed by atoms with Gasteiger partial charge in [-0.25, -0.2) is 17.6 Å². The summed E-state index contributed by atoms with van der Waals surface area (Å²) in [6.45, 7) is 0. The highest BCUT2D eigenvalue weighted by Gasteiger charge is 2.65. The van der Waals surface area contributed by atoms with E-state index in [4.69, 9.17) is 0 Å². The number of fused-ring (bicyclic) bond motifs is 14. The Kier molecular flexibility index (Phi) is 11.2. The molecule has 0 spiro atoms. The number of nitrogens with zero attached hydrogens (tertiary/aromatic N) is 2. The summed E-state index contributed by atoms with van der Waals surface area (Å²) >= 11 is 0. The number of hydrogen-bond acceptors (Lipinski definition) is 2. The summed E-state index contributed by atoms with van der Waals surface area (Å²) in [5.41, 5.74) is 12.7. The van der Waals surface area contributed by atoms with Crippen molar-refractivity contribution in [3.8, 4) is 22.3 Å². The van der Waals surface area contributed by atoms with E-state index in [1.807, 2.05) is 0 Å². The van der Waals surface area contributed by atoms with Crippen molar-refractivity contribution >= 4 is 77.2 Å². The molecule has 0 fully saturated rings. The fourth-order valence-electron chi connectivity index (χ4n) is 14.7. The molecular formula is C78H48F4N2. The summed E-state index contributed by atoms with van der Waals surface area (Å²) in [6, 6.07) is 96.5. The lowest BCUT2D eigenvalue weighted by Crippen LogP contribution is -2.50. The molecule has 398 valence electrons. The summed E-state index contributed by atoms with van der Waals surface area (Å²) in [5.74, 6) is -1.49. The lowest BCUT2D eigenvalue weighted by Gasteiger charge is -2.51. The predicted octanol–water partition coefficient (Wildman–Crippen LogP) is 21.1. The monoisotopic (exact) mass is 1090 g/mol. The SMILES string of the molecule is Fc1ccc(N(c2ccc(F)cc2)c2cc3c(c4ccccc24)-c2c(ccc4ccccc24)C3(c2ccccc2)C2(c3ccccc3)c3ccc4ccccc4c3-c3c2cc(N(c2ccc(F)cc2)c2ccc(F)cc2)c2ccccc32)cc1. The van der Waals surface area contributed by atoms with Gasteiger partial charge in [-0.3, -0.25) is 0 Å². The van der Waals surface area contributed by atoms with Crippen LogP contribution in [0.15, 0.2) is 291 Å². The van der Waals surface area contributed by atoms with Gasteiger partial charge >= 0.3 is 0 Å². The molecule has 16 rings (SSSR count).